The summed E-state index contributed by atoms with van der Waals surface area (Å²) in [6.07, 6.45) is 3.08. The van der Waals surface area contributed by atoms with Gasteiger partial charge in [-0.3, -0.25) is 0 Å². The van der Waals surface area contributed by atoms with Gasteiger partial charge in [-0.2, -0.15) is 0 Å². The van der Waals surface area contributed by atoms with Crippen molar-refractivity contribution < 1.29 is 9.22 Å². The third-order valence-electron chi connectivity index (χ3n) is 6.58. The standard InChI is InChI=1S/C12H30OSi2.C8H13Br2ClO/c1-11(2,3)14(7,8)13-15(9,10)12(4,5)6;9-8(10)6(2-1-4-11)7(8)3-5-12/h1-10H3;6-7,12H,1-5H2/t;6-,7+/m.1/s1. The van der Waals surface area contributed by atoms with E-state index in [0.29, 0.717) is 21.9 Å². The third kappa shape index (κ3) is 8.33. The number of alkyl halides is 3. The first-order valence-corrected chi connectivity index (χ1v) is 18.0. The van der Waals surface area contributed by atoms with Gasteiger partial charge in [0.1, 0.15) is 0 Å². The van der Waals surface area contributed by atoms with E-state index < -0.39 is 16.6 Å². The molecule has 1 fully saturated rings. The molecule has 0 spiro atoms. The molecule has 27 heavy (non-hydrogen) atoms. The van der Waals surface area contributed by atoms with E-state index in [-0.39, 0.29) is 9.84 Å². The summed E-state index contributed by atoms with van der Waals surface area (Å²) < 4.78 is 6.72. The van der Waals surface area contributed by atoms with Crippen LogP contribution in [-0.2, 0) is 4.12 Å². The lowest BCUT2D eigenvalue weighted by molar-refractivity contribution is 0.276. The highest BCUT2D eigenvalue weighted by molar-refractivity contribution is 9.25. The SMILES string of the molecule is CC(C)(C)[Si](C)(C)O[Si](C)(C)C(C)(C)C.OCC[C@H]1[C@@H](CCCCl)C1(Br)Br. The summed E-state index contributed by atoms with van der Waals surface area (Å²) in [6.45, 7) is 23.6. The molecule has 2 nitrogen and oxygen atoms in total. The minimum absolute atomic E-state index is 0.0921. The first-order valence-electron chi connectivity index (χ1n) is 10.1. The average Bonchev–Trinajstić information content (AvgIpc) is 2.94. The van der Waals surface area contributed by atoms with Gasteiger partial charge in [0.05, 0.1) is 3.23 Å². The average molecular weight is 567 g/mol. The van der Waals surface area contributed by atoms with Crippen molar-refractivity contribution in [1.82, 2.24) is 0 Å². The maximum Gasteiger partial charge on any atom is 0.178 e. The van der Waals surface area contributed by atoms with Crippen LogP contribution in [-0.4, -0.2) is 37.5 Å². The Kier molecular flexibility index (Phi) is 10.9. The van der Waals surface area contributed by atoms with Crippen LogP contribution >= 0.6 is 43.5 Å². The van der Waals surface area contributed by atoms with Crippen LogP contribution in [0.2, 0.25) is 36.3 Å². The number of aliphatic hydroxyl groups excluding tert-OH is 1. The van der Waals surface area contributed by atoms with E-state index in [4.69, 9.17) is 20.8 Å². The van der Waals surface area contributed by atoms with Crippen molar-refractivity contribution in [1.29, 1.82) is 0 Å². The van der Waals surface area contributed by atoms with Crippen LogP contribution in [0.1, 0.15) is 60.8 Å². The van der Waals surface area contributed by atoms with Gasteiger partial charge >= 0.3 is 0 Å². The monoisotopic (exact) mass is 564 g/mol. The lowest BCUT2D eigenvalue weighted by Gasteiger charge is -2.47. The van der Waals surface area contributed by atoms with Gasteiger partial charge in [0, 0.05) is 12.5 Å². The van der Waals surface area contributed by atoms with Crippen molar-refractivity contribution in [3.8, 4) is 0 Å². The Bertz CT molecular complexity index is 434. The van der Waals surface area contributed by atoms with Gasteiger partial charge in [-0.05, 0) is 67.4 Å². The summed E-state index contributed by atoms with van der Waals surface area (Å²) in [5, 5.41) is 9.43. The summed E-state index contributed by atoms with van der Waals surface area (Å²) >= 11 is 12.8. The molecule has 0 amide bonds. The van der Waals surface area contributed by atoms with Gasteiger partial charge in [-0.1, -0.05) is 73.4 Å². The van der Waals surface area contributed by atoms with Gasteiger partial charge < -0.3 is 9.22 Å². The minimum Gasteiger partial charge on any atom is -0.455 e. The second-order valence-corrected chi connectivity index (χ2v) is 24.8. The van der Waals surface area contributed by atoms with Crippen molar-refractivity contribution in [3.05, 3.63) is 0 Å². The lowest BCUT2D eigenvalue weighted by atomic mass is 10.2. The highest BCUT2D eigenvalue weighted by Gasteiger charge is 2.60. The Morgan fingerprint density at radius 2 is 1.26 bits per heavy atom. The Morgan fingerprint density at radius 1 is 0.889 bits per heavy atom. The van der Waals surface area contributed by atoms with Crippen LogP contribution in [0.4, 0.5) is 0 Å². The summed E-state index contributed by atoms with van der Waals surface area (Å²) in [5.41, 5.74) is 0. The number of rotatable bonds is 7. The first-order chi connectivity index (χ1) is 11.8. The normalized spacial score (nSPS) is 22.9. The molecule has 0 aliphatic heterocycles. The molecule has 1 aliphatic rings. The molecule has 0 bridgehead atoms. The number of hydrogen-bond donors (Lipinski definition) is 1. The number of halogens is 3. The van der Waals surface area contributed by atoms with E-state index in [1.165, 1.54) is 0 Å². The highest BCUT2D eigenvalue weighted by Crippen LogP contribution is 2.65. The van der Waals surface area contributed by atoms with Crippen LogP contribution in [0.25, 0.3) is 0 Å². The first kappa shape index (κ1) is 28.6. The number of aliphatic hydroxyl groups is 1. The molecule has 0 aromatic heterocycles. The van der Waals surface area contributed by atoms with Crippen LogP contribution in [0.5, 0.6) is 0 Å². The van der Waals surface area contributed by atoms with Crippen LogP contribution in [0.3, 0.4) is 0 Å². The molecule has 0 unspecified atom stereocenters. The van der Waals surface area contributed by atoms with Crippen LogP contribution in [0.15, 0.2) is 0 Å². The van der Waals surface area contributed by atoms with E-state index >= 15 is 0 Å². The molecule has 1 N–H and O–H groups in total. The van der Waals surface area contributed by atoms with E-state index in [1.807, 2.05) is 0 Å². The molecule has 0 aromatic rings. The van der Waals surface area contributed by atoms with Crippen LogP contribution < -0.4 is 0 Å². The summed E-state index contributed by atoms with van der Waals surface area (Å²) in [6, 6.07) is 0. The summed E-state index contributed by atoms with van der Waals surface area (Å²) in [4.78, 5) is 0. The highest BCUT2D eigenvalue weighted by atomic mass is 79.9. The molecule has 2 atom stereocenters. The van der Waals surface area contributed by atoms with Gasteiger partial charge in [0.2, 0.25) is 0 Å². The number of hydrogen-bond acceptors (Lipinski definition) is 2. The summed E-state index contributed by atoms with van der Waals surface area (Å²) in [7, 11) is -3.18. The predicted molar refractivity (Wildman–Crippen MR) is 135 cm³/mol. The van der Waals surface area contributed by atoms with Crippen molar-refractivity contribution >= 4 is 60.1 Å². The van der Waals surface area contributed by atoms with E-state index in [0.717, 1.165) is 25.1 Å². The second-order valence-electron chi connectivity index (χ2n) is 10.9. The van der Waals surface area contributed by atoms with E-state index in [2.05, 4.69) is 99.6 Å². The smallest absolute Gasteiger partial charge is 0.178 e. The van der Waals surface area contributed by atoms with Gasteiger partial charge in [0.15, 0.2) is 16.6 Å². The molecule has 0 saturated heterocycles. The van der Waals surface area contributed by atoms with Crippen molar-refractivity contribution in [2.75, 3.05) is 12.5 Å². The zero-order valence-electron chi connectivity index (χ0n) is 19.2. The third-order valence-corrected chi connectivity index (χ3v) is 20.5. The molecule has 1 saturated carbocycles. The van der Waals surface area contributed by atoms with E-state index in [1.54, 1.807) is 0 Å². The lowest BCUT2D eigenvalue weighted by Crippen LogP contribution is -2.53. The van der Waals surface area contributed by atoms with E-state index in [9.17, 15) is 0 Å². The molecule has 0 aromatic carbocycles. The topological polar surface area (TPSA) is 29.5 Å². The van der Waals surface area contributed by atoms with Crippen molar-refractivity contribution in [2.45, 2.75) is 100 Å². The molecule has 1 rings (SSSR count). The maximum absolute atomic E-state index is 8.78. The van der Waals surface area contributed by atoms with Crippen LogP contribution in [0, 0.1) is 11.8 Å². The Labute approximate surface area is 193 Å². The molecule has 0 heterocycles. The summed E-state index contributed by atoms with van der Waals surface area (Å²) in [5.74, 6) is 1.95. The van der Waals surface area contributed by atoms with Crippen molar-refractivity contribution in [2.24, 2.45) is 11.8 Å². The molecular weight excluding hydrogens is 524 g/mol. The zero-order chi connectivity index (χ0) is 21.9. The molecule has 0 radical (unpaired) electrons. The fourth-order valence-corrected chi connectivity index (χ4v) is 12.3. The Balaban J connectivity index is 0.000000511. The fraction of sp³-hybridized carbons (Fsp3) is 1.00. The largest absolute Gasteiger partial charge is 0.455 e. The maximum atomic E-state index is 8.78. The van der Waals surface area contributed by atoms with Crippen molar-refractivity contribution in [3.63, 3.8) is 0 Å². The molecule has 7 heteroatoms. The zero-order valence-corrected chi connectivity index (χ0v) is 25.1. The Morgan fingerprint density at radius 3 is 1.56 bits per heavy atom. The fourth-order valence-electron chi connectivity index (χ4n) is 2.63. The molecular formula is C20H43Br2ClO2Si2. The van der Waals surface area contributed by atoms with Gasteiger partial charge in [0.25, 0.3) is 0 Å². The molecule has 164 valence electrons. The second kappa shape index (κ2) is 10.3. The van der Waals surface area contributed by atoms with Gasteiger partial charge in [-0.15, -0.1) is 11.6 Å². The quantitative estimate of drug-likeness (QED) is 0.249. The Hall–Kier alpha value is 1.60. The minimum atomic E-state index is -1.59. The molecule has 1 aliphatic carbocycles. The predicted octanol–water partition coefficient (Wildman–Crippen LogP) is 8.13. The van der Waals surface area contributed by atoms with Gasteiger partial charge in [-0.25, -0.2) is 0 Å².